The maximum atomic E-state index is 9.68. The SMILES string of the molecule is C=CC1(C)CCC(O)C1(C)C. The van der Waals surface area contributed by atoms with Crippen molar-refractivity contribution in [3.8, 4) is 0 Å². The standard InChI is InChI=1S/C10H18O/c1-5-10(4)7-6-8(11)9(10,2)3/h5,8,11H,1,6-7H2,2-4H3. The average molecular weight is 154 g/mol. The van der Waals surface area contributed by atoms with Crippen molar-refractivity contribution in [1.82, 2.24) is 0 Å². The van der Waals surface area contributed by atoms with Gasteiger partial charge in [0.15, 0.2) is 0 Å². The zero-order valence-corrected chi connectivity index (χ0v) is 7.72. The van der Waals surface area contributed by atoms with Crippen LogP contribution in [-0.2, 0) is 0 Å². The first-order chi connectivity index (χ1) is 4.94. The van der Waals surface area contributed by atoms with Gasteiger partial charge in [-0.1, -0.05) is 26.8 Å². The highest BCUT2D eigenvalue weighted by atomic mass is 16.3. The van der Waals surface area contributed by atoms with Gasteiger partial charge in [0.1, 0.15) is 0 Å². The molecule has 0 saturated heterocycles. The van der Waals surface area contributed by atoms with E-state index in [1.807, 2.05) is 6.08 Å². The molecule has 0 amide bonds. The zero-order valence-electron chi connectivity index (χ0n) is 7.72. The molecule has 0 radical (unpaired) electrons. The Morgan fingerprint density at radius 2 is 2.00 bits per heavy atom. The van der Waals surface area contributed by atoms with Gasteiger partial charge in [0.2, 0.25) is 0 Å². The molecule has 1 aliphatic carbocycles. The number of rotatable bonds is 1. The van der Waals surface area contributed by atoms with Crippen molar-refractivity contribution < 1.29 is 5.11 Å². The van der Waals surface area contributed by atoms with Crippen molar-refractivity contribution in [2.45, 2.75) is 39.7 Å². The Morgan fingerprint density at radius 3 is 2.18 bits per heavy atom. The Hall–Kier alpha value is -0.300. The highest BCUT2D eigenvalue weighted by Crippen LogP contribution is 2.52. The molecule has 2 unspecified atom stereocenters. The maximum absolute atomic E-state index is 9.68. The highest BCUT2D eigenvalue weighted by molar-refractivity contribution is 5.08. The van der Waals surface area contributed by atoms with Gasteiger partial charge >= 0.3 is 0 Å². The maximum Gasteiger partial charge on any atom is 0.0599 e. The quantitative estimate of drug-likeness (QED) is 0.575. The van der Waals surface area contributed by atoms with Gasteiger partial charge < -0.3 is 5.11 Å². The molecule has 0 aromatic rings. The van der Waals surface area contributed by atoms with Gasteiger partial charge in [-0.05, 0) is 23.7 Å². The highest BCUT2D eigenvalue weighted by Gasteiger charge is 2.48. The molecule has 1 N–H and O–H groups in total. The van der Waals surface area contributed by atoms with Crippen LogP contribution in [0, 0.1) is 10.8 Å². The third kappa shape index (κ3) is 1.02. The van der Waals surface area contributed by atoms with E-state index < -0.39 is 0 Å². The van der Waals surface area contributed by atoms with E-state index in [4.69, 9.17) is 0 Å². The Balaban J connectivity index is 2.94. The van der Waals surface area contributed by atoms with E-state index in [1.165, 1.54) is 0 Å². The molecule has 1 saturated carbocycles. The molecule has 11 heavy (non-hydrogen) atoms. The van der Waals surface area contributed by atoms with Crippen LogP contribution in [0.2, 0.25) is 0 Å². The van der Waals surface area contributed by atoms with Gasteiger partial charge in [-0.3, -0.25) is 0 Å². The molecule has 0 bridgehead atoms. The minimum Gasteiger partial charge on any atom is -0.393 e. The fourth-order valence-electron chi connectivity index (χ4n) is 1.87. The lowest BCUT2D eigenvalue weighted by Crippen LogP contribution is -2.35. The summed E-state index contributed by atoms with van der Waals surface area (Å²) in [5.74, 6) is 0. The van der Waals surface area contributed by atoms with E-state index in [0.29, 0.717) is 0 Å². The van der Waals surface area contributed by atoms with E-state index in [-0.39, 0.29) is 16.9 Å². The first kappa shape index (κ1) is 8.79. The van der Waals surface area contributed by atoms with E-state index in [1.54, 1.807) is 0 Å². The predicted molar refractivity (Wildman–Crippen MR) is 47.3 cm³/mol. The van der Waals surface area contributed by atoms with Crippen LogP contribution in [0.4, 0.5) is 0 Å². The van der Waals surface area contributed by atoms with Gasteiger partial charge in [-0.2, -0.15) is 0 Å². The largest absolute Gasteiger partial charge is 0.393 e. The number of hydrogen-bond acceptors (Lipinski definition) is 1. The topological polar surface area (TPSA) is 20.2 Å². The van der Waals surface area contributed by atoms with Crippen molar-refractivity contribution >= 4 is 0 Å². The first-order valence-electron chi connectivity index (χ1n) is 4.26. The zero-order chi connectivity index (χ0) is 8.70. The fourth-order valence-corrected chi connectivity index (χ4v) is 1.87. The smallest absolute Gasteiger partial charge is 0.0599 e. The summed E-state index contributed by atoms with van der Waals surface area (Å²) in [6.45, 7) is 10.2. The molecule has 1 rings (SSSR count). The summed E-state index contributed by atoms with van der Waals surface area (Å²) in [6.07, 6.45) is 3.80. The molecular formula is C10H18O. The third-order valence-electron chi connectivity index (χ3n) is 3.69. The summed E-state index contributed by atoms with van der Waals surface area (Å²) in [4.78, 5) is 0. The van der Waals surface area contributed by atoms with Gasteiger partial charge in [-0.15, -0.1) is 6.58 Å². The predicted octanol–water partition coefficient (Wildman–Crippen LogP) is 2.36. The van der Waals surface area contributed by atoms with Crippen LogP contribution >= 0.6 is 0 Å². The first-order valence-corrected chi connectivity index (χ1v) is 4.26. The van der Waals surface area contributed by atoms with E-state index in [2.05, 4.69) is 27.4 Å². The minimum absolute atomic E-state index is 0.00521. The molecule has 0 aromatic carbocycles. The molecule has 1 nitrogen and oxygen atoms in total. The summed E-state index contributed by atoms with van der Waals surface area (Å²) in [6, 6.07) is 0. The Labute approximate surface area is 69.1 Å². The van der Waals surface area contributed by atoms with Gasteiger partial charge in [0.05, 0.1) is 6.10 Å². The average Bonchev–Trinajstić information content (AvgIpc) is 2.15. The van der Waals surface area contributed by atoms with Gasteiger partial charge in [0, 0.05) is 0 Å². The van der Waals surface area contributed by atoms with Crippen molar-refractivity contribution in [2.24, 2.45) is 10.8 Å². The summed E-state index contributed by atoms with van der Waals surface area (Å²) >= 11 is 0. The lowest BCUT2D eigenvalue weighted by molar-refractivity contribution is 0.0338. The van der Waals surface area contributed by atoms with Crippen molar-refractivity contribution in [1.29, 1.82) is 0 Å². The van der Waals surface area contributed by atoms with Crippen molar-refractivity contribution in [3.63, 3.8) is 0 Å². The van der Waals surface area contributed by atoms with Crippen LogP contribution in [0.5, 0.6) is 0 Å². The van der Waals surface area contributed by atoms with Crippen molar-refractivity contribution in [2.75, 3.05) is 0 Å². The molecule has 0 heterocycles. The van der Waals surface area contributed by atoms with Gasteiger partial charge in [0.25, 0.3) is 0 Å². The molecule has 2 atom stereocenters. The number of aliphatic hydroxyl groups excluding tert-OH is 1. The molecule has 1 fully saturated rings. The second kappa shape index (κ2) is 2.34. The van der Waals surface area contributed by atoms with E-state index in [9.17, 15) is 5.11 Å². The molecule has 0 aliphatic heterocycles. The van der Waals surface area contributed by atoms with E-state index >= 15 is 0 Å². The second-order valence-electron chi connectivity index (χ2n) is 4.40. The summed E-state index contributed by atoms with van der Waals surface area (Å²) in [5, 5.41) is 9.68. The number of allylic oxidation sites excluding steroid dienone is 1. The summed E-state index contributed by atoms with van der Waals surface area (Å²) < 4.78 is 0. The van der Waals surface area contributed by atoms with E-state index in [0.717, 1.165) is 12.8 Å². The lowest BCUT2D eigenvalue weighted by atomic mass is 9.69. The van der Waals surface area contributed by atoms with Crippen LogP contribution in [0.15, 0.2) is 12.7 Å². The van der Waals surface area contributed by atoms with Crippen LogP contribution < -0.4 is 0 Å². The second-order valence-corrected chi connectivity index (χ2v) is 4.40. The van der Waals surface area contributed by atoms with Crippen LogP contribution in [-0.4, -0.2) is 11.2 Å². The molecule has 0 spiro atoms. The van der Waals surface area contributed by atoms with Crippen LogP contribution in [0.3, 0.4) is 0 Å². The fraction of sp³-hybridized carbons (Fsp3) is 0.800. The lowest BCUT2D eigenvalue weighted by Gasteiger charge is -2.37. The Morgan fingerprint density at radius 1 is 1.45 bits per heavy atom. The summed E-state index contributed by atoms with van der Waals surface area (Å²) in [5.41, 5.74) is 0.112. The molecule has 64 valence electrons. The Kier molecular flexibility index (Phi) is 1.87. The van der Waals surface area contributed by atoms with Crippen LogP contribution in [0.1, 0.15) is 33.6 Å². The Bertz CT molecular complexity index is 172. The molecule has 0 aromatic heterocycles. The molecular weight excluding hydrogens is 136 g/mol. The monoisotopic (exact) mass is 154 g/mol. The normalized spacial score (nSPS) is 42.4. The summed E-state index contributed by atoms with van der Waals surface area (Å²) in [7, 11) is 0. The molecule has 1 aliphatic rings. The molecule has 1 heteroatoms. The number of aliphatic hydroxyl groups is 1. The van der Waals surface area contributed by atoms with Crippen molar-refractivity contribution in [3.05, 3.63) is 12.7 Å². The van der Waals surface area contributed by atoms with Gasteiger partial charge in [-0.25, -0.2) is 0 Å². The third-order valence-corrected chi connectivity index (χ3v) is 3.69. The number of hydrogen-bond donors (Lipinski definition) is 1. The minimum atomic E-state index is -0.162. The van der Waals surface area contributed by atoms with Crippen LogP contribution in [0.25, 0.3) is 0 Å².